The first-order valence-corrected chi connectivity index (χ1v) is 9.25. The average Bonchev–Trinajstić information content (AvgIpc) is 2.67. The van der Waals surface area contributed by atoms with Gasteiger partial charge in [-0.1, -0.05) is 41.5 Å². The molecule has 3 rings (SSSR count). The van der Waals surface area contributed by atoms with Crippen LogP contribution in [0.5, 0.6) is 5.75 Å². The quantitative estimate of drug-likeness (QED) is 0.836. The van der Waals surface area contributed by atoms with Crippen LogP contribution in [0.1, 0.15) is 27.0 Å². The van der Waals surface area contributed by atoms with E-state index >= 15 is 0 Å². The van der Waals surface area contributed by atoms with Gasteiger partial charge in [-0.05, 0) is 31.5 Å². The molecule has 5 heteroatoms. The van der Waals surface area contributed by atoms with Crippen LogP contribution in [-0.4, -0.2) is 54.9 Å². The number of carbonyl (C=O) groups is 2. The molecule has 0 N–H and O–H groups in total. The Kier molecular flexibility index (Phi) is 5.79. The fourth-order valence-corrected chi connectivity index (χ4v) is 3.43. The van der Waals surface area contributed by atoms with Gasteiger partial charge in [0.15, 0.2) is 0 Å². The van der Waals surface area contributed by atoms with E-state index in [2.05, 4.69) is 0 Å². The highest BCUT2D eigenvalue weighted by molar-refractivity contribution is 5.97. The van der Waals surface area contributed by atoms with Crippen molar-refractivity contribution in [3.63, 3.8) is 0 Å². The summed E-state index contributed by atoms with van der Waals surface area (Å²) in [6, 6.07) is 13.6. The highest BCUT2D eigenvalue weighted by Crippen LogP contribution is 2.22. The van der Waals surface area contributed by atoms with Crippen molar-refractivity contribution in [2.75, 3.05) is 33.3 Å². The number of hydrogen-bond acceptors (Lipinski definition) is 3. The van der Waals surface area contributed by atoms with Crippen molar-refractivity contribution >= 4 is 11.8 Å². The smallest absolute Gasteiger partial charge is 0.257 e. The Morgan fingerprint density at radius 2 is 1.59 bits per heavy atom. The Hall–Kier alpha value is -2.82. The molecule has 0 spiro atoms. The highest BCUT2D eigenvalue weighted by Gasteiger charge is 2.26. The predicted molar refractivity (Wildman–Crippen MR) is 105 cm³/mol. The van der Waals surface area contributed by atoms with Gasteiger partial charge in [0.05, 0.1) is 19.1 Å². The number of rotatable bonds is 4. The van der Waals surface area contributed by atoms with Gasteiger partial charge < -0.3 is 14.5 Å². The van der Waals surface area contributed by atoms with E-state index < -0.39 is 0 Å². The molecule has 2 aromatic rings. The van der Waals surface area contributed by atoms with E-state index in [4.69, 9.17) is 4.74 Å². The third-order valence-electron chi connectivity index (χ3n) is 4.94. The molecule has 1 heterocycles. The number of nitrogens with zero attached hydrogens (tertiary/aromatic N) is 2. The second kappa shape index (κ2) is 8.25. The summed E-state index contributed by atoms with van der Waals surface area (Å²) in [5.74, 6) is 0.658. The second-order valence-electron chi connectivity index (χ2n) is 7.04. The molecule has 2 amide bonds. The van der Waals surface area contributed by atoms with Crippen molar-refractivity contribution in [3.05, 3.63) is 64.7 Å². The van der Waals surface area contributed by atoms with Crippen LogP contribution in [0.15, 0.2) is 42.5 Å². The van der Waals surface area contributed by atoms with E-state index in [9.17, 15) is 9.59 Å². The first kappa shape index (κ1) is 19.0. The van der Waals surface area contributed by atoms with Gasteiger partial charge in [-0.3, -0.25) is 9.59 Å². The fraction of sp³-hybridized carbons (Fsp3) is 0.364. The lowest BCUT2D eigenvalue weighted by Crippen LogP contribution is -2.51. The fourth-order valence-electron chi connectivity index (χ4n) is 3.43. The summed E-state index contributed by atoms with van der Waals surface area (Å²) >= 11 is 0. The summed E-state index contributed by atoms with van der Waals surface area (Å²) in [7, 11) is 1.57. The van der Waals surface area contributed by atoms with E-state index in [1.54, 1.807) is 12.0 Å². The Bertz CT molecular complexity index is 839. The molecule has 0 aliphatic carbocycles. The van der Waals surface area contributed by atoms with Crippen LogP contribution < -0.4 is 4.74 Å². The van der Waals surface area contributed by atoms with Gasteiger partial charge >= 0.3 is 0 Å². The Labute approximate surface area is 160 Å². The van der Waals surface area contributed by atoms with Gasteiger partial charge in [-0.25, -0.2) is 0 Å². The molecule has 2 aromatic carbocycles. The molecule has 0 radical (unpaired) electrons. The molecule has 1 saturated heterocycles. The zero-order valence-corrected chi connectivity index (χ0v) is 16.2. The van der Waals surface area contributed by atoms with Gasteiger partial charge in [0.1, 0.15) is 5.75 Å². The SMILES string of the molecule is COc1ccc(C)cc1C(=O)N1CCN(C(=O)Cc2cccc(C)c2)CC1. The van der Waals surface area contributed by atoms with Crippen LogP contribution in [0.4, 0.5) is 0 Å². The van der Waals surface area contributed by atoms with E-state index in [0.717, 1.165) is 16.7 Å². The topological polar surface area (TPSA) is 49.9 Å². The van der Waals surface area contributed by atoms with Crippen LogP contribution in [0.25, 0.3) is 0 Å². The number of amides is 2. The van der Waals surface area contributed by atoms with E-state index in [1.807, 2.05) is 61.2 Å². The maximum atomic E-state index is 12.9. The minimum atomic E-state index is -0.0404. The summed E-state index contributed by atoms with van der Waals surface area (Å²) in [6.45, 7) is 6.18. The minimum Gasteiger partial charge on any atom is -0.496 e. The predicted octanol–water partition coefficient (Wildman–Crippen LogP) is 2.84. The largest absolute Gasteiger partial charge is 0.496 e. The summed E-state index contributed by atoms with van der Waals surface area (Å²) in [6.07, 6.45) is 0.404. The molecule has 0 saturated carbocycles. The number of ether oxygens (including phenoxy) is 1. The van der Waals surface area contributed by atoms with Crippen LogP contribution in [-0.2, 0) is 11.2 Å². The second-order valence-corrected chi connectivity index (χ2v) is 7.04. The molecule has 27 heavy (non-hydrogen) atoms. The first-order chi connectivity index (χ1) is 13.0. The molecular weight excluding hydrogens is 340 g/mol. The lowest BCUT2D eigenvalue weighted by molar-refractivity contribution is -0.131. The van der Waals surface area contributed by atoms with E-state index in [-0.39, 0.29) is 11.8 Å². The van der Waals surface area contributed by atoms with Crippen molar-refractivity contribution in [1.29, 1.82) is 0 Å². The van der Waals surface area contributed by atoms with Crippen LogP contribution in [0, 0.1) is 13.8 Å². The van der Waals surface area contributed by atoms with Gasteiger partial charge in [0.2, 0.25) is 5.91 Å². The lowest BCUT2D eigenvalue weighted by atomic mass is 10.1. The minimum absolute atomic E-state index is 0.0404. The normalized spacial score (nSPS) is 14.2. The van der Waals surface area contributed by atoms with Crippen molar-refractivity contribution in [3.8, 4) is 5.75 Å². The number of methoxy groups -OCH3 is 1. The summed E-state index contributed by atoms with van der Waals surface area (Å²) in [5.41, 5.74) is 3.79. The number of aryl methyl sites for hydroxylation is 2. The van der Waals surface area contributed by atoms with Gasteiger partial charge in [0, 0.05) is 26.2 Å². The van der Waals surface area contributed by atoms with Gasteiger partial charge in [-0.2, -0.15) is 0 Å². The zero-order valence-electron chi connectivity index (χ0n) is 16.2. The van der Waals surface area contributed by atoms with Crippen molar-refractivity contribution in [2.24, 2.45) is 0 Å². The summed E-state index contributed by atoms with van der Waals surface area (Å²) in [5, 5.41) is 0. The maximum absolute atomic E-state index is 12.9. The molecule has 0 atom stereocenters. The van der Waals surface area contributed by atoms with Gasteiger partial charge in [0.25, 0.3) is 5.91 Å². The summed E-state index contributed by atoms with van der Waals surface area (Å²) in [4.78, 5) is 29.1. The summed E-state index contributed by atoms with van der Waals surface area (Å²) < 4.78 is 5.34. The van der Waals surface area contributed by atoms with Crippen molar-refractivity contribution in [1.82, 2.24) is 9.80 Å². The molecule has 0 unspecified atom stereocenters. The standard InChI is InChI=1S/C22H26N2O3/c1-16-5-4-6-18(13-16)15-21(25)23-9-11-24(12-10-23)22(26)19-14-17(2)7-8-20(19)27-3/h4-8,13-14H,9-12,15H2,1-3H3. The molecule has 1 aliphatic heterocycles. The Morgan fingerprint density at radius 3 is 2.26 bits per heavy atom. The van der Waals surface area contributed by atoms with Crippen molar-refractivity contribution < 1.29 is 14.3 Å². The third-order valence-corrected chi connectivity index (χ3v) is 4.94. The number of benzene rings is 2. The van der Waals surface area contributed by atoms with Gasteiger partial charge in [-0.15, -0.1) is 0 Å². The Balaban J connectivity index is 1.61. The molecule has 142 valence electrons. The highest BCUT2D eigenvalue weighted by atomic mass is 16.5. The molecule has 0 aromatic heterocycles. The Morgan fingerprint density at radius 1 is 0.926 bits per heavy atom. The zero-order chi connectivity index (χ0) is 19.4. The number of carbonyl (C=O) groups excluding carboxylic acids is 2. The number of hydrogen-bond donors (Lipinski definition) is 0. The molecule has 1 aliphatic rings. The number of piperazine rings is 1. The van der Waals surface area contributed by atoms with Crippen LogP contribution >= 0.6 is 0 Å². The lowest BCUT2D eigenvalue weighted by Gasteiger charge is -2.35. The maximum Gasteiger partial charge on any atom is 0.257 e. The average molecular weight is 366 g/mol. The molecule has 5 nitrogen and oxygen atoms in total. The monoisotopic (exact) mass is 366 g/mol. The third kappa shape index (κ3) is 4.48. The van der Waals surface area contributed by atoms with Crippen LogP contribution in [0.2, 0.25) is 0 Å². The molecular formula is C22H26N2O3. The van der Waals surface area contributed by atoms with E-state index in [0.29, 0.717) is 43.9 Å². The van der Waals surface area contributed by atoms with Crippen molar-refractivity contribution in [2.45, 2.75) is 20.3 Å². The molecule has 0 bridgehead atoms. The molecule has 1 fully saturated rings. The van der Waals surface area contributed by atoms with Crippen LogP contribution in [0.3, 0.4) is 0 Å². The van der Waals surface area contributed by atoms with E-state index in [1.165, 1.54) is 0 Å². The first-order valence-electron chi connectivity index (χ1n) is 9.25.